The summed E-state index contributed by atoms with van der Waals surface area (Å²) in [5, 5.41) is 0. The number of carbonyl (C=O) groups is 3. The summed E-state index contributed by atoms with van der Waals surface area (Å²) >= 11 is 0. The van der Waals surface area contributed by atoms with Crippen LogP contribution in [-0.2, 0) is 28.6 Å². The van der Waals surface area contributed by atoms with Gasteiger partial charge < -0.3 is 14.2 Å². The Hall–Kier alpha value is -4.97. The summed E-state index contributed by atoms with van der Waals surface area (Å²) in [6.45, 7) is 6.21. The third-order valence-corrected chi connectivity index (χ3v) is 13.5. The average molecular weight is 1120 g/mol. The molecular weight excluding hydrogens is 997 g/mol. The highest BCUT2D eigenvalue weighted by atomic mass is 16.6. The fourth-order valence-electron chi connectivity index (χ4n) is 8.73. The molecule has 456 valence electrons. The first-order valence-corrected chi connectivity index (χ1v) is 33.0. The van der Waals surface area contributed by atoms with Crippen molar-refractivity contribution >= 4 is 17.9 Å². The summed E-state index contributed by atoms with van der Waals surface area (Å²) in [4.78, 5) is 38.3. The monoisotopic (exact) mass is 1120 g/mol. The number of carbonyl (C=O) groups excluding carboxylic acids is 3. The van der Waals surface area contributed by atoms with Gasteiger partial charge in [-0.3, -0.25) is 14.4 Å². The van der Waals surface area contributed by atoms with Gasteiger partial charge >= 0.3 is 17.9 Å². The smallest absolute Gasteiger partial charge is 0.309 e. The van der Waals surface area contributed by atoms with Gasteiger partial charge in [0.15, 0.2) is 6.10 Å². The molecule has 0 radical (unpaired) electrons. The van der Waals surface area contributed by atoms with Gasteiger partial charge in [0, 0.05) is 12.8 Å². The van der Waals surface area contributed by atoms with Crippen LogP contribution in [0.4, 0.5) is 0 Å². The molecule has 1 unspecified atom stereocenters. The van der Waals surface area contributed by atoms with Gasteiger partial charge in [0.1, 0.15) is 13.2 Å². The molecule has 6 nitrogen and oxygen atoms in total. The molecule has 0 amide bonds. The lowest BCUT2D eigenvalue weighted by atomic mass is 10.0. The predicted molar refractivity (Wildman–Crippen MR) is 352 cm³/mol. The molecule has 0 rings (SSSR count). The Morgan fingerprint density at radius 3 is 0.802 bits per heavy atom. The first kappa shape index (κ1) is 76.0. The lowest BCUT2D eigenvalue weighted by Gasteiger charge is -2.18. The Bertz CT molecular complexity index is 1810. The molecule has 0 aromatic carbocycles. The van der Waals surface area contributed by atoms with Crippen LogP contribution in [-0.4, -0.2) is 37.2 Å². The van der Waals surface area contributed by atoms with Crippen molar-refractivity contribution in [3.05, 3.63) is 158 Å². The number of ether oxygens (including phenoxy) is 3. The zero-order valence-electron chi connectivity index (χ0n) is 52.2. The molecule has 1 atom stereocenters. The van der Waals surface area contributed by atoms with E-state index in [0.29, 0.717) is 6.42 Å². The Morgan fingerprint density at radius 1 is 0.259 bits per heavy atom. The van der Waals surface area contributed by atoms with Crippen molar-refractivity contribution in [1.82, 2.24) is 0 Å². The van der Waals surface area contributed by atoms with E-state index in [4.69, 9.17) is 14.2 Å². The SMILES string of the molecule is CC/C=C\C/C=C\C/C=C\C/C=C\C/C=C\CC(=O)OCC(COC(=O)CCCCCCCCCCCCCCCCCC/C=C\C/C=C\C/C=C\C/C=C\CC)OC(=O)CCCCCCCC/C=C\C/C=C\C/C=C\C/C=C\CC. The molecule has 0 spiro atoms. The maximum atomic E-state index is 12.9. The lowest BCUT2D eigenvalue weighted by molar-refractivity contribution is -0.166. The quantitative estimate of drug-likeness (QED) is 0.0261. The van der Waals surface area contributed by atoms with Crippen molar-refractivity contribution in [2.45, 2.75) is 284 Å². The van der Waals surface area contributed by atoms with E-state index in [1.165, 1.54) is 103 Å². The normalized spacial score (nSPS) is 13.2. The van der Waals surface area contributed by atoms with E-state index in [-0.39, 0.29) is 38.0 Å². The molecule has 81 heavy (non-hydrogen) atoms. The standard InChI is InChI=1S/C75H120O6/c1-4-7-10-13-16-19-22-25-28-30-32-33-34-35-36-37-38-39-40-41-43-44-47-50-53-56-59-62-65-68-74(77)80-71-72(70-79-73(76)67-64-61-58-55-52-49-46-27-24-21-18-15-12-9-6-3)81-75(78)69-66-63-60-57-54-51-48-45-42-31-29-26-23-20-17-14-11-8-5-2/h7-12,16-21,25-29,32-33,42,45-46,52,55,61,64,72H,4-6,13-15,22-24,30-31,34-41,43-44,47-51,53-54,56-60,62-63,65-71H2,1-3H3/b10-7-,11-8-,12-9-,19-16-,20-17-,21-18-,28-25-,29-26-,33-32-,45-42-,46-27-,55-52-,64-61-. The highest BCUT2D eigenvalue weighted by Crippen LogP contribution is 2.16. The number of rotatable bonds is 58. The minimum atomic E-state index is -0.833. The number of unbranched alkanes of at least 4 members (excludes halogenated alkanes) is 22. The van der Waals surface area contributed by atoms with Gasteiger partial charge in [-0.15, -0.1) is 0 Å². The number of hydrogen-bond acceptors (Lipinski definition) is 6. The molecule has 0 aromatic heterocycles. The average Bonchev–Trinajstić information content (AvgIpc) is 3.47. The van der Waals surface area contributed by atoms with Crippen molar-refractivity contribution in [1.29, 1.82) is 0 Å². The van der Waals surface area contributed by atoms with Gasteiger partial charge in [-0.2, -0.15) is 0 Å². The Kier molecular flexibility index (Phi) is 63.4. The van der Waals surface area contributed by atoms with E-state index in [1.54, 1.807) is 6.08 Å². The van der Waals surface area contributed by atoms with Crippen LogP contribution < -0.4 is 0 Å². The van der Waals surface area contributed by atoms with E-state index in [1.807, 2.05) is 6.08 Å². The summed E-state index contributed by atoms with van der Waals surface area (Å²) in [7, 11) is 0. The highest BCUT2D eigenvalue weighted by molar-refractivity contribution is 5.72. The van der Waals surface area contributed by atoms with E-state index in [0.717, 1.165) is 135 Å². The van der Waals surface area contributed by atoms with Crippen LogP contribution in [0.1, 0.15) is 278 Å². The van der Waals surface area contributed by atoms with E-state index < -0.39 is 12.1 Å². The maximum Gasteiger partial charge on any atom is 0.309 e. The summed E-state index contributed by atoms with van der Waals surface area (Å²) in [5.41, 5.74) is 0. The Balaban J connectivity index is 4.38. The fraction of sp³-hybridized carbons (Fsp3) is 0.613. The summed E-state index contributed by atoms with van der Waals surface area (Å²) < 4.78 is 16.8. The van der Waals surface area contributed by atoms with Gasteiger partial charge in [-0.05, 0) is 122 Å². The van der Waals surface area contributed by atoms with Crippen LogP contribution in [0, 0.1) is 0 Å². The number of allylic oxidation sites excluding steroid dienone is 25. The second-order valence-corrected chi connectivity index (χ2v) is 21.2. The van der Waals surface area contributed by atoms with Crippen LogP contribution in [0.5, 0.6) is 0 Å². The highest BCUT2D eigenvalue weighted by Gasteiger charge is 2.19. The molecular formula is C75H120O6. The zero-order chi connectivity index (χ0) is 58.5. The molecule has 0 saturated carbocycles. The topological polar surface area (TPSA) is 78.9 Å². The molecule has 0 aliphatic carbocycles. The van der Waals surface area contributed by atoms with Crippen molar-refractivity contribution in [3.63, 3.8) is 0 Å². The first-order valence-electron chi connectivity index (χ1n) is 33.0. The van der Waals surface area contributed by atoms with Crippen LogP contribution >= 0.6 is 0 Å². The van der Waals surface area contributed by atoms with Gasteiger partial charge in [0.25, 0.3) is 0 Å². The van der Waals surface area contributed by atoms with Gasteiger partial charge in [-0.1, -0.05) is 294 Å². The van der Waals surface area contributed by atoms with E-state index in [2.05, 4.69) is 167 Å². The van der Waals surface area contributed by atoms with Crippen LogP contribution in [0.3, 0.4) is 0 Å². The fourth-order valence-corrected chi connectivity index (χ4v) is 8.73. The lowest BCUT2D eigenvalue weighted by Crippen LogP contribution is -2.30. The second-order valence-electron chi connectivity index (χ2n) is 21.2. The second kappa shape index (κ2) is 67.5. The number of hydrogen-bond donors (Lipinski definition) is 0. The van der Waals surface area contributed by atoms with Gasteiger partial charge in [-0.25, -0.2) is 0 Å². The molecule has 0 fully saturated rings. The third kappa shape index (κ3) is 65.7. The minimum Gasteiger partial charge on any atom is -0.462 e. The molecule has 0 aliphatic heterocycles. The molecule has 0 saturated heterocycles. The molecule has 0 N–H and O–H groups in total. The Labute approximate surface area is 499 Å². The predicted octanol–water partition coefficient (Wildman–Crippen LogP) is 22.9. The van der Waals surface area contributed by atoms with Crippen molar-refractivity contribution in [3.8, 4) is 0 Å². The minimum absolute atomic E-state index is 0.118. The third-order valence-electron chi connectivity index (χ3n) is 13.5. The van der Waals surface area contributed by atoms with E-state index in [9.17, 15) is 14.4 Å². The van der Waals surface area contributed by atoms with Crippen LogP contribution in [0.25, 0.3) is 0 Å². The van der Waals surface area contributed by atoms with Crippen molar-refractivity contribution in [2.75, 3.05) is 13.2 Å². The molecule has 0 bridgehead atoms. The summed E-state index contributed by atoms with van der Waals surface area (Å²) in [6, 6.07) is 0. The number of esters is 3. The summed E-state index contributed by atoms with van der Waals surface area (Å²) in [6.07, 6.45) is 98.6. The first-order chi connectivity index (χ1) is 40.0. The van der Waals surface area contributed by atoms with E-state index >= 15 is 0 Å². The van der Waals surface area contributed by atoms with Crippen molar-refractivity contribution in [2.24, 2.45) is 0 Å². The van der Waals surface area contributed by atoms with Crippen LogP contribution in [0.15, 0.2) is 158 Å². The largest absolute Gasteiger partial charge is 0.462 e. The maximum absolute atomic E-state index is 12.9. The Morgan fingerprint density at radius 2 is 0.494 bits per heavy atom. The summed E-state index contributed by atoms with van der Waals surface area (Å²) in [5.74, 6) is -1.07. The molecule has 0 aromatic rings. The zero-order valence-corrected chi connectivity index (χ0v) is 52.2. The molecule has 0 heterocycles. The molecule has 0 aliphatic rings. The molecule has 6 heteroatoms. The van der Waals surface area contributed by atoms with Gasteiger partial charge in [0.2, 0.25) is 0 Å². The van der Waals surface area contributed by atoms with Crippen LogP contribution in [0.2, 0.25) is 0 Å². The van der Waals surface area contributed by atoms with Gasteiger partial charge in [0.05, 0.1) is 6.42 Å². The van der Waals surface area contributed by atoms with Crippen molar-refractivity contribution < 1.29 is 28.6 Å².